The average Bonchev–Trinajstić information content (AvgIpc) is 3.13. The van der Waals surface area contributed by atoms with Crippen molar-refractivity contribution < 1.29 is 34.2 Å². The molecular formula is C14H13IN6O7S2. The lowest BCUT2D eigenvalue weighted by atomic mass is 10.0. The van der Waals surface area contributed by atoms with E-state index in [4.69, 9.17) is 10.8 Å². The van der Waals surface area contributed by atoms with Gasteiger partial charge >= 0.3 is 11.9 Å². The van der Waals surface area contributed by atoms with Crippen LogP contribution in [0.5, 0.6) is 0 Å². The molecule has 16 heteroatoms. The molecule has 1 aromatic heterocycles. The Kier molecular flexibility index (Phi) is 6.76. The van der Waals surface area contributed by atoms with Crippen molar-refractivity contribution in [3.8, 4) is 0 Å². The molecule has 5 N–H and O–H groups in total. The molecule has 1 saturated heterocycles. The number of nitrogens with two attached hydrogens (primary N) is 1. The molecule has 3 rings (SSSR count). The van der Waals surface area contributed by atoms with E-state index >= 15 is 0 Å². The van der Waals surface area contributed by atoms with Crippen molar-refractivity contribution in [1.29, 1.82) is 0 Å². The van der Waals surface area contributed by atoms with Crippen LogP contribution in [0, 0.1) is 0 Å². The predicted molar refractivity (Wildman–Crippen MR) is 113 cm³/mol. The number of hydrogen-bond donors (Lipinski definition) is 4. The second-order valence-corrected chi connectivity index (χ2v) is 8.47. The topological polar surface area (TPSA) is 197 Å². The highest BCUT2D eigenvalue weighted by atomic mass is 127. The van der Waals surface area contributed by atoms with Crippen molar-refractivity contribution in [1.82, 2.24) is 19.6 Å². The Labute approximate surface area is 190 Å². The number of thioether (sulfide) groups is 1. The molecule has 1 aromatic rings. The van der Waals surface area contributed by atoms with Gasteiger partial charge in [-0.1, -0.05) is 27.7 Å². The summed E-state index contributed by atoms with van der Waals surface area (Å²) in [7, 11) is 0. The first-order valence-electron chi connectivity index (χ1n) is 8.02. The van der Waals surface area contributed by atoms with E-state index in [1.54, 1.807) is 0 Å². The molecule has 13 nitrogen and oxygen atoms in total. The van der Waals surface area contributed by atoms with Crippen molar-refractivity contribution >= 4 is 80.5 Å². The van der Waals surface area contributed by atoms with Gasteiger partial charge in [-0.05, 0) is 5.57 Å². The average molecular weight is 568 g/mol. The number of carbonyl (C=O) groups excluding carboxylic acids is 2. The number of anilines is 1. The molecular weight excluding hydrogens is 555 g/mol. The summed E-state index contributed by atoms with van der Waals surface area (Å²) in [6, 6.07) is -1.01. The van der Waals surface area contributed by atoms with Gasteiger partial charge in [-0.2, -0.15) is 9.36 Å². The van der Waals surface area contributed by atoms with Crippen LogP contribution in [0.2, 0.25) is 0 Å². The van der Waals surface area contributed by atoms with Gasteiger partial charge in [0.05, 0.1) is 0 Å². The van der Waals surface area contributed by atoms with Gasteiger partial charge in [0.2, 0.25) is 18.1 Å². The Balaban J connectivity index is 1.79. The van der Waals surface area contributed by atoms with E-state index in [2.05, 4.69) is 24.7 Å². The Morgan fingerprint density at radius 1 is 1.40 bits per heavy atom. The SMILES string of the molecule is Nc1nc(C(=NOCC(=O)O)C(=O)N[C@@H]2C(=O)N3C(C(=O)O)=C(CI)CS[C@@H]23)ns1. The number of fused-ring (bicyclic) bond motifs is 1. The van der Waals surface area contributed by atoms with Crippen LogP contribution < -0.4 is 11.1 Å². The van der Waals surface area contributed by atoms with Gasteiger partial charge in [0, 0.05) is 21.7 Å². The number of nitrogen functional groups attached to an aromatic ring is 1. The third-order valence-electron chi connectivity index (χ3n) is 3.91. The van der Waals surface area contributed by atoms with Crippen LogP contribution in [0.15, 0.2) is 16.4 Å². The number of nitrogens with zero attached hydrogens (tertiary/aromatic N) is 4. The quantitative estimate of drug-likeness (QED) is 0.0997. The second-order valence-electron chi connectivity index (χ2n) is 5.82. The van der Waals surface area contributed by atoms with E-state index in [9.17, 15) is 24.3 Å². The third-order valence-corrected chi connectivity index (χ3v) is 6.71. The maximum Gasteiger partial charge on any atom is 0.352 e. The van der Waals surface area contributed by atoms with Crippen molar-refractivity contribution in [2.75, 3.05) is 22.5 Å². The number of hydrogen-bond acceptors (Lipinski definition) is 11. The highest BCUT2D eigenvalue weighted by molar-refractivity contribution is 14.1. The van der Waals surface area contributed by atoms with Crippen molar-refractivity contribution in [3.05, 3.63) is 17.1 Å². The lowest BCUT2D eigenvalue weighted by Crippen LogP contribution is -2.71. The Bertz CT molecular complexity index is 980. The minimum Gasteiger partial charge on any atom is -0.479 e. The minimum atomic E-state index is -1.31. The normalized spacial score (nSPS) is 21.0. The van der Waals surface area contributed by atoms with Crippen LogP contribution in [0.3, 0.4) is 0 Å². The number of halogens is 1. The zero-order valence-corrected chi connectivity index (χ0v) is 18.6. The van der Waals surface area contributed by atoms with Crippen LogP contribution >= 0.6 is 45.9 Å². The largest absolute Gasteiger partial charge is 0.479 e. The van der Waals surface area contributed by atoms with Crippen LogP contribution in [0.4, 0.5) is 5.13 Å². The lowest BCUT2D eigenvalue weighted by Gasteiger charge is -2.49. The molecule has 3 heterocycles. The van der Waals surface area contributed by atoms with Crippen LogP contribution in [0.25, 0.3) is 0 Å². The van der Waals surface area contributed by atoms with Gasteiger partial charge in [0.1, 0.15) is 17.1 Å². The Morgan fingerprint density at radius 2 is 2.13 bits per heavy atom. The lowest BCUT2D eigenvalue weighted by molar-refractivity contribution is -0.150. The zero-order valence-electron chi connectivity index (χ0n) is 14.8. The third kappa shape index (κ3) is 4.33. The molecule has 0 aliphatic carbocycles. The number of aliphatic carboxylic acids is 2. The van der Waals surface area contributed by atoms with E-state index in [-0.39, 0.29) is 16.7 Å². The second kappa shape index (κ2) is 9.13. The molecule has 0 saturated carbocycles. The van der Waals surface area contributed by atoms with E-state index in [0.29, 0.717) is 15.8 Å². The molecule has 2 aliphatic heterocycles. The van der Waals surface area contributed by atoms with Gasteiger partial charge in [-0.25, -0.2) is 9.59 Å². The summed E-state index contributed by atoms with van der Waals surface area (Å²) in [5.41, 5.74) is 5.60. The molecule has 160 valence electrons. The fourth-order valence-corrected chi connectivity index (χ4v) is 5.44. The number of amides is 2. The number of carbonyl (C=O) groups is 4. The fourth-order valence-electron chi connectivity index (χ4n) is 2.66. The summed E-state index contributed by atoms with van der Waals surface area (Å²) in [4.78, 5) is 57.0. The number of aromatic nitrogens is 2. The predicted octanol–water partition coefficient (Wildman–Crippen LogP) is -0.901. The van der Waals surface area contributed by atoms with E-state index in [1.165, 1.54) is 11.8 Å². The van der Waals surface area contributed by atoms with Crippen molar-refractivity contribution in [3.63, 3.8) is 0 Å². The fraction of sp³-hybridized carbons (Fsp3) is 0.357. The number of alkyl halides is 1. The maximum atomic E-state index is 12.7. The number of oxime groups is 1. The smallest absolute Gasteiger partial charge is 0.352 e. The summed E-state index contributed by atoms with van der Waals surface area (Å²) in [5, 5.41) is 23.5. The summed E-state index contributed by atoms with van der Waals surface area (Å²) in [5.74, 6) is -3.80. The van der Waals surface area contributed by atoms with E-state index < -0.39 is 47.5 Å². The number of nitrogens with one attached hydrogen (secondary N) is 1. The molecule has 2 aliphatic rings. The van der Waals surface area contributed by atoms with Crippen LogP contribution in [-0.2, 0) is 24.0 Å². The Hall–Kier alpha value is -2.47. The van der Waals surface area contributed by atoms with Gasteiger partial charge in [0.25, 0.3) is 11.8 Å². The Morgan fingerprint density at radius 3 is 2.70 bits per heavy atom. The maximum absolute atomic E-state index is 12.7. The monoisotopic (exact) mass is 568 g/mol. The number of carboxylic acid groups (broad SMARTS) is 2. The standard InChI is InChI=1S/C14H13IN6O7S2/c15-1-4-3-29-12-7(11(25)21(12)8(4)13(26)27)17-10(24)6(19-28-2-5(22)23)9-18-14(16)30-20-9/h7,12H,1-3H2,(H,17,24)(H,22,23)(H,26,27)(H2,16,18,20)/t7-,12+/m1/s1. The molecule has 0 spiro atoms. The summed E-state index contributed by atoms with van der Waals surface area (Å²) in [6.07, 6.45) is 0. The highest BCUT2D eigenvalue weighted by Crippen LogP contribution is 2.40. The summed E-state index contributed by atoms with van der Waals surface area (Å²) >= 11 is 4.13. The molecule has 2 amide bonds. The van der Waals surface area contributed by atoms with Gasteiger partial charge in [-0.15, -0.1) is 11.8 Å². The number of β-lactam (4-membered cyclic amide) rings is 1. The van der Waals surface area contributed by atoms with Crippen molar-refractivity contribution in [2.45, 2.75) is 11.4 Å². The zero-order chi connectivity index (χ0) is 22.0. The molecule has 2 atom stereocenters. The molecule has 0 unspecified atom stereocenters. The number of carboxylic acids is 2. The first-order chi connectivity index (χ1) is 14.2. The highest BCUT2D eigenvalue weighted by Gasteiger charge is 2.54. The van der Waals surface area contributed by atoms with Gasteiger partial charge < -0.3 is 26.1 Å². The van der Waals surface area contributed by atoms with Crippen LogP contribution in [0.1, 0.15) is 5.82 Å². The molecule has 1 fully saturated rings. The molecule has 0 aromatic carbocycles. The summed E-state index contributed by atoms with van der Waals surface area (Å²) < 4.78 is 4.30. The first-order valence-corrected chi connectivity index (χ1v) is 11.4. The molecule has 0 radical (unpaired) electrons. The molecule has 0 bridgehead atoms. The minimum absolute atomic E-state index is 0.0417. The van der Waals surface area contributed by atoms with Crippen LogP contribution in [-0.4, -0.2) is 82.1 Å². The van der Waals surface area contributed by atoms with E-state index in [0.717, 1.165) is 16.4 Å². The summed E-state index contributed by atoms with van der Waals surface area (Å²) in [6.45, 7) is -0.809. The van der Waals surface area contributed by atoms with E-state index in [1.807, 2.05) is 22.6 Å². The van der Waals surface area contributed by atoms with Gasteiger partial charge in [-0.3, -0.25) is 14.5 Å². The molecule has 30 heavy (non-hydrogen) atoms. The number of rotatable bonds is 8. The first kappa shape index (κ1) is 22.2. The van der Waals surface area contributed by atoms with Crippen molar-refractivity contribution in [2.24, 2.45) is 5.16 Å². The van der Waals surface area contributed by atoms with Gasteiger partial charge in [0.15, 0.2) is 5.13 Å².